The Kier molecular flexibility index (Phi) is 25.5. The van der Waals surface area contributed by atoms with E-state index in [1.54, 1.807) is 36.4 Å². The normalized spacial score (nSPS) is 32.5. The molecule has 110 heavy (non-hydrogen) atoms. The minimum Gasteiger partial charge on any atom is -0.479 e. The Morgan fingerprint density at radius 2 is 1.04 bits per heavy atom. The molecule has 6 fully saturated rings. The van der Waals surface area contributed by atoms with E-state index in [4.69, 9.17) is 37.9 Å². The number of carbonyl (C=O) groups excluding carboxylic acids is 3. The molecule has 0 bridgehead atoms. The predicted molar refractivity (Wildman–Crippen MR) is 370 cm³/mol. The van der Waals surface area contributed by atoms with Crippen LogP contribution in [0.4, 0.5) is 13.2 Å². The van der Waals surface area contributed by atoms with Crippen LogP contribution < -0.4 is 10.6 Å². The average Bonchev–Trinajstić information content (AvgIpc) is 1.18. The first-order valence-corrected chi connectivity index (χ1v) is 36.6. The Morgan fingerprint density at radius 3 is 1.60 bits per heavy atom. The van der Waals surface area contributed by atoms with Crippen LogP contribution in [0.5, 0.6) is 0 Å². The molecule has 3 aliphatic carbocycles. The van der Waals surface area contributed by atoms with E-state index in [2.05, 4.69) is 41.6 Å². The second kappa shape index (κ2) is 35.4. The molecule has 15 unspecified atom stereocenters. The molecule has 0 radical (unpaired) electrons. The van der Waals surface area contributed by atoms with Crippen LogP contribution in [-0.4, -0.2) is 263 Å². The van der Waals surface area contributed by atoms with Gasteiger partial charge < -0.3 is 99.6 Å². The number of carboxylic acids is 1. The highest BCUT2D eigenvalue weighted by molar-refractivity contribution is 5.89. The number of carbonyl (C=O) groups is 4. The molecule has 3 aliphatic heterocycles. The summed E-state index contributed by atoms with van der Waals surface area (Å²) in [6, 6.07) is 20.2. The van der Waals surface area contributed by atoms with Gasteiger partial charge >= 0.3 is 11.9 Å². The highest BCUT2D eigenvalue weighted by Crippen LogP contribution is 2.44. The molecule has 3 saturated carbocycles. The molecule has 2 amide bonds. The van der Waals surface area contributed by atoms with Crippen molar-refractivity contribution in [2.45, 2.75) is 206 Å². The average molecular weight is 1540 g/mol. The van der Waals surface area contributed by atoms with E-state index < -0.39 is 201 Å². The topological polar surface area (TPSA) is 461 Å². The number of aromatic nitrogens is 9. The summed E-state index contributed by atoms with van der Waals surface area (Å²) in [7, 11) is 0. The van der Waals surface area contributed by atoms with Crippen LogP contribution in [0.2, 0.25) is 0 Å². The fourth-order valence-corrected chi connectivity index (χ4v) is 15.5. The van der Waals surface area contributed by atoms with Crippen LogP contribution in [0.25, 0.3) is 33.8 Å². The Labute approximate surface area is 626 Å². The minimum atomic E-state index is -1.95. The third-order valence-corrected chi connectivity index (χ3v) is 21.4. The van der Waals surface area contributed by atoms with Crippen molar-refractivity contribution in [3.63, 3.8) is 0 Å². The number of benzene rings is 4. The van der Waals surface area contributed by atoms with Crippen molar-refractivity contribution in [1.29, 1.82) is 0 Å². The molecule has 592 valence electrons. The van der Waals surface area contributed by atoms with Gasteiger partial charge in [-0.1, -0.05) is 102 Å². The number of esters is 1. The van der Waals surface area contributed by atoms with Gasteiger partial charge in [0, 0.05) is 41.6 Å². The number of hydrogen-bond acceptors (Lipinski definition) is 27. The summed E-state index contributed by atoms with van der Waals surface area (Å²) in [5.74, 6) is -7.83. The van der Waals surface area contributed by atoms with Gasteiger partial charge in [0.2, 0.25) is 11.8 Å². The zero-order chi connectivity index (χ0) is 77.6. The van der Waals surface area contributed by atoms with Crippen LogP contribution in [0.15, 0.2) is 122 Å². The molecule has 0 spiro atoms. The number of hydrogen-bond donors (Lipinski definition) is 12. The van der Waals surface area contributed by atoms with Gasteiger partial charge in [-0.25, -0.2) is 36.8 Å². The summed E-state index contributed by atoms with van der Waals surface area (Å²) < 4.78 is 98.1. The summed E-state index contributed by atoms with van der Waals surface area (Å²) in [6.07, 6.45) is -24.5. The lowest BCUT2D eigenvalue weighted by atomic mass is 9.80. The van der Waals surface area contributed by atoms with E-state index in [0.717, 1.165) is 23.9 Å². The number of aliphatic carboxylic acids is 1. The zero-order valence-corrected chi connectivity index (χ0v) is 59.4. The fourth-order valence-electron chi connectivity index (χ4n) is 15.5. The van der Waals surface area contributed by atoms with Gasteiger partial charge in [-0.3, -0.25) is 9.59 Å². The van der Waals surface area contributed by atoms with Crippen LogP contribution in [0.3, 0.4) is 0 Å². The molecule has 3 saturated heterocycles. The van der Waals surface area contributed by atoms with Gasteiger partial charge in [0.05, 0.1) is 67.8 Å². The molecule has 4 aromatic carbocycles. The monoisotopic (exact) mass is 1540 g/mol. The first-order chi connectivity index (χ1) is 53.0. The molecule has 36 heteroatoms. The number of nitrogens with one attached hydrogen (secondary N) is 2. The lowest BCUT2D eigenvalue weighted by Gasteiger charge is -2.48. The first kappa shape index (κ1) is 79.4. The number of amides is 2. The van der Waals surface area contributed by atoms with E-state index in [0.29, 0.717) is 24.0 Å². The Bertz CT molecular complexity index is 4260. The van der Waals surface area contributed by atoms with E-state index in [1.165, 1.54) is 102 Å². The minimum absolute atomic E-state index is 0.000180. The molecular weight excluding hydrogens is 1450 g/mol. The Morgan fingerprint density at radius 1 is 0.527 bits per heavy atom. The molecular formula is C74H88F3N11O22. The standard InChI is InChI=1S/C74H88F3N11O22/c1-36-58(91)63(96)64(97)73(103-36)110-65-51(87-32-48(81-84-87)40-16-9-19-45(76)25-40)28-43(30-53(65)106-74-67(109-71(102)38-13-6-3-7-14-38)66(61(94)56(35-90)108-74)104-54(70(100)101)23-37-11-4-2-5-12-37)69(99)79-22-21-78-68(98)42-27-50(86-31-47(80-83-86)39-15-8-18-44(75)24-39)59(92)52(29-42)105-72-62(95)57(60(93)55(34-89)107-72)88-33-49(82-85-88)41-17-10-20-46(77)26-41/h3,6-10,13-20,24-26,31-33,36-37,42-43,50-67,72-74,89-97H,2,4-5,11-12,21-23,27-30,34-35H2,1H3,(H,78,98)(H,79,99)(H,100,101)/t36?,42?,43?,50?,51?,52-,53-,54+,55?,56?,57?,58-,59?,60+,61+,62?,63?,64?,65?,66?,67?,72-,73+,74-/m1/s1. The van der Waals surface area contributed by atoms with Crippen molar-refractivity contribution < 1.29 is 121 Å². The van der Waals surface area contributed by atoms with E-state index in [-0.39, 0.29) is 79.3 Å². The van der Waals surface area contributed by atoms with Gasteiger partial charge in [-0.05, 0) is 93.5 Å². The van der Waals surface area contributed by atoms with Crippen molar-refractivity contribution in [2.24, 2.45) is 17.8 Å². The third kappa shape index (κ3) is 17.9. The smallest absolute Gasteiger partial charge is 0.338 e. The number of aliphatic hydroxyl groups excluding tert-OH is 9. The first-order valence-electron chi connectivity index (χ1n) is 36.6. The molecule has 6 heterocycles. The van der Waals surface area contributed by atoms with E-state index >= 15 is 4.79 Å². The highest BCUT2D eigenvalue weighted by Gasteiger charge is 2.56. The van der Waals surface area contributed by atoms with Gasteiger partial charge in [-0.2, -0.15) is 0 Å². The molecule has 24 atom stereocenters. The second-order valence-corrected chi connectivity index (χ2v) is 28.8. The number of ether oxygens (including phenoxy) is 8. The van der Waals surface area contributed by atoms with Crippen molar-refractivity contribution in [3.8, 4) is 33.8 Å². The van der Waals surface area contributed by atoms with Gasteiger partial charge in [0.25, 0.3) is 0 Å². The maximum Gasteiger partial charge on any atom is 0.338 e. The number of aliphatic hydroxyl groups is 9. The van der Waals surface area contributed by atoms with Gasteiger partial charge in [-0.15, -0.1) is 15.3 Å². The summed E-state index contributed by atoms with van der Waals surface area (Å²) in [5.41, 5.74) is 1.42. The quantitative estimate of drug-likeness (QED) is 0.0272. The Balaban J connectivity index is 0.783. The van der Waals surface area contributed by atoms with Crippen molar-refractivity contribution in [1.82, 2.24) is 55.6 Å². The number of carboxylic acid groups (broad SMARTS) is 1. The van der Waals surface area contributed by atoms with Crippen LogP contribution in [0.1, 0.15) is 99.6 Å². The maximum absolute atomic E-state index is 15.1. The number of halogens is 3. The Hall–Kier alpha value is -8.67. The maximum atomic E-state index is 15.1. The van der Waals surface area contributed by atoms with Crippen molar-refractivity contribution in [2.75, 3.05) is 26.3 Å². The number of nitrogens with zero attached hydrogens (tertiary/aromatic N) is 9. The van der Waals surface area contributed by atoms with Crippen molar-refractivity contribution >= 4 is 23.8 Å². The number of rotatable bonds is 26. The third-order valence-electron chi connectivity index (χ3n) is 21.4. The van der Waals surface area contributed by atoms with Gasteiger partial charge in [0.15, 0.2) is 31.1 Å². The zero-order valence-electron chi connectivity index (χ0n) is 59.4. The van der Waals surface area contributed by atoms with Crippen LogP contribution in [0, 0.1) is 35.2 Å². The van der Waals surface area contributed by atoms with E-state index in [1.807, 2.05) is 0 Å². The fraction of sp³-hybridized carbons (Fsp3) is 0.541. The second-order valence-electron chi connectivity index (χ2n) is 28.8. The summed E-state index contributed by atoms with van der Waals surface area (Å²) in [4.78, 5) is 57.4. The lowest BCUT2D eigenvalue weighted by molar-refractivity contribution is -0.348. The summed E-state index contributed by atoms with van der Waals surface area (Å²) >= 11 is 0. The molecule has 12 N–H and O–H groups in total. The van der Waals surface area contributed by atoms with Crippen LogP contribution in [-0.2, 0) is 52.3 Å². The molecule has 13 rings (SSSR count). The predicted octanol–water partition coefficient (Wildman–Crippen LogP) is 1.85. The van der Waals surface area contributed by atoms with Crippen LogP contribution >= 0.6 is 0 Å². The molecule has 3 aromatic heterocycles. The highest BCUT2D eigenvalue weighted by atomic mass is 19.1. The molecule has 6 aliphatic rings. The summed E-state index contributed by atoms with van der Waals surface area (Å²) in [5, 5.41) is 145. The van der Waals surface area contributed by atoms with E-state index in [9.17, 15) is 78.6 Å². The lowest BCUT2D eigenvalue weighted by Crippen LogP contribution is -2.64. The van der Waals surface area contributed by atoms with Crippen molar-refractivity contribution in [3.05, 3.63) is 145 Å². The largest absolute Gasteiger partial charge is 0.479 e. The molecule has 7 aromatic rings. The summed E-state index contributed by atoms with van der Waals surface area (Å²) in [6.45, 7) is -0.848. The molecule has 33 nitrogen and oxygen atoms in total. The van der Waals surface area contributed by atoms with Gasteiger partial charge in [0.1, 0.15) is 108 Å². The SMILES string of the molecule is CC1O[C@@H](OC2C(n3cc(-c4cccc(F)c4)nn3)CC(C(=O)NCCNC(=O)C3CC(n4cc(-c5cccc(F)c5)nn4)C(O)[C@H](O[C@@H]4OC(CO)[C@H](O)C(n5cc(-c6cccc(F)c6)nn5)C4O)C3)C[C@H]2O[C@@H]2OC(CO)[C@H](O)C(O[C@@H](CC3CCCCC3)C(=O)O)C2OC(=O)c2ccccc2)C(O)C(O)[C@@H]1O.